The summed E-state index contributed by atoms with van der Waals surface area (Å²) in [6, 6.07) is 7.11. The molecule has 0 amide bonds. The first-order chi connectivity index (χ1) is 13.9. The summed E-state index contributed by atoms with van der Waals surface area (Å²) in [5.41, 5.74) is 1.50. The van der Waals surface area contributed by atoms with E-state index in [-0.39, 0.29) is 12.1 Å². The maximum absolute atomic E-state index is 13.3. The van der Waals surface area contributed by atoms with E-state index in [0.717, 1.165) is 11.3 Å². The number of fused-ring (bicyclic) bond motifs is 3. The van der Waals surface area contributed by atoms with Crippen LogP contribution in [0.4, 0.5) is 5.95 Å². The zero-order chi connectivity index (χ0) is 20.7. The van der Waals surface area contributed by atoms with E-state index in [1.807, 2.05) is 17.6 Å². The van der Waals surface area contributed by atoms with Crippen LogP contribution in [-0.2, 0) is 24.9 Å². The lowest BCUT2D eigenvalue weighted by atomic mass is 10.2. The molecule has 2 aromatic heterocycles. The summed E-state index contributed by atoms with van der Waals surface area (Å²) in [5.74, 6) is 0.523. The van der Waals surface area contributed by atoms with Crippen LogP contribution in [0.15, 0.2) is 39.0 Å². The summed E-state index contributed by atoms with van der Waals surface area (Å²) in [4.78, 5) is 30.8. The van der Waals surface area contributed by atoms with Gasteiger partial charge in [0.1, 0.15) is 0 Å². The number of hydrogen-bond donors (Lipinski definition) is 0. The number of halogens is 1. The molecule has 3 heterocycles. The third-order valence-electron chi connectivity index (χ3n) is 4.86. The fraction of sp³-hybridized carbons (Fsp3) is 0.368. The third-order valence-corrected chi connectivity index (χ3v) is 5.09. The van der Waals surface area contributed by atoms with Gasteiger partial charge in [0, 0.05) is 19.2 Å². The van der Waals surface area contributed by atoms with E-state index in [1.165, 1.54) is 9.13 Å². The van der Waals surface area contributed by atoms with Gasteiger partial charge in [-0.25, -0.2) is 9.80 Å². The molecule has 152 valence electrons. The number of benzene rings is 1. The minimum atomic E-state index is -0.431. The van der Waals surface area contributed by atoms with E-state index >= 15 is 0 Å². The second-order valence-electron chi connectivity index (χ2n) is 6.98. The molecule has 0 bridgehead atoms. The van der Waals surface area contributed by atoms with Gasteiger partial charge in [-0.1, -0.05) is 23.7 Å². The molecule has 29 heavy (non-hydrogen) atoms. The second-order valence-corrected chi connectivity index (χ2v) is 7.42. The zero-order valence-corrected chi connectivity index (χ0v) is 17.2. The molecule has 1 aliphatic heterocycles. The standard InChI is InChI=1S/C19H21ClN6O3/c1-12-10-24-15-16(21-18(24)26(22-12)7-8-29-3)23(2)19(28)25(17(15)27)11-13-5-4-6-14(20)9-13/h4-6,9H,7-8,10-11H2,1-3H3. The molecule has 0 unspecified atom stereocenters. The summed E-state index contributed by atoms with van der Waals surface area (Å²) >= 11 is 6.05. The number of nitrogens with zero attached hydrogens (tertiary/aromatic N) is 6. The van der Waals surface area contributed by atoms with Gasteiger partial charge in [-0.2, -0.15) is 10.1 Å². The fourth-order valence-electron chi connectivity index (χ4n) is 3.50. The molecular formula is C19H21ClN6O3. The van der Waals surface area contributed by atoms with Gasteiger partial charge >= 0.3 is 5.69 Å². The van der Waals surface area contributed by atoms with Crippen LogP contribution in [0.3, 0.4) is 0 Å². The van der Waals surface area contributed by atoms with Gasteiger partial charge in [0.2, 0.25) is 5.95 Å². The van der Waals surface area contributed by atoms with E-state index < -0.39 is 5.69 Å². The molecule has 3 aromatic rings. The normalized spacial score (nSPS) is 13.7. The highest BCUT2D eigenvalue weighted by molar-refractivity contribution is 6.30. The molecule has 0 saturated carbocycles. The summed E-state index contributed by atoms with van der Waals surface area (Å²) in [5, 5.41) is 6.77. The molecule has 0 radical (unpaired) electrons. The lowest BCUT2D eigenvalue weighted by molar-refractivity contribution is 0.205. The molecule has 0 atom stereocenters. The van der Waals surface area contributed by atoms with E-state index in [9.17, 15) is 9.59 Å². The van der Waals surface area contributed by atoms with Gasteiger partial charge in [0.05, 0.1) is 32.0 Å². The van der Waals surface area contributed by atoms with Crippen molar-refractivity contribution in [2.45, 2.75) is 20.0 Å². The molecular weight excluding hydrogens is 396 g/mol. The van der Waals surface area contributed by atoms with Crippen molar-refractivity contribution in [2.24, 2.45) is 12.1 Å². The number of aryl methyl sites for hydroxylation is 1. The van der Waals surface area contributed by atoms with E-state index in [1.54, 1.807) is 37.4 Å². The highest BCUT2D eigenvalue weighted by Crippen LogP contribution is 2.23. The first kappa shape index (κ1) is 19.4. The Morgan fingerprint density at radius 3 is 2.79 bits per heavy atom. The molecule has 10 heteroatoms. The lowest BCUT2D eigenvalue weighted by Gasteiger charge is -2.24. The van der Waals surface area contributed by atoms with Crippen LogP contribution in [0.1, 0.15) is 12.5 Å². The highest BCUT2D eigenvalue weighted by atomic mass is 35.5. The smallest absolute Gasteiger partial charge is 0.332 e. The van der Waals surface area contributed by atoms with Crippen LogP contribution >= 0.6 is 11.6 Å². The summed E-state index contributed by atoms with van der Waals surface area (Å²) in [7, 11) is 3.23. The van der Waals surface area contributed by atoms with Crippen molar-refractivity contribution < 1.29 is 4.74 Å². The van der Waals surface area contributed by atoms with Gasteiger partial charge in [-0.15, -0.1) is 0 Å². The largest absolute Gasteiger partial charge is 0.383 e. The van der Waals surface area contributed by atoms with Gasteiger partial charge in [-0.3, -0.25) is 18.5 Å². The molecule has 0 fully saturated rings. The Morgan fingerprint density at radius 1 is 1.28 bits per heavy atom. The molecule has 0 N–H and O–H groups in total. The summed E-state index contributed by atoms with van der Waals surface area (Å²) < 4.78 is 9.57. The van der Waals surface area contributed by atoms with E-state index in [2.05, 4.69) is 10.1 Å². The molecule has 1 aliphatic rings. The number of ether oxygens (including phenoxy) is 1. The lowest BCUT2D eigenvalue weighted by Crippen LogP contribution is -2.40. The fourth-order valence-corrected chi connectivity index (χ4v) is 3.72. The minimum absolute atomic E-state index is 0.128. The van der Waals surface area contributed by atoms with E-state index in [4.69, 9.17) is 16.3 Å². The Kier molecular flexibility index (Phi) is 5.01. The van der Waals surface area contributed by atoms with Gasteiger partial charge < -0.3 is 4.74 Å². The van der Waals surface area contributed by atoms with Crippen LogP contribution in [0.2, 0.25) is 5.02 Å². The van der Waals surface area contributed by atoms with E-state index in [0.29, 0.717) is 41.8 Å². The summed E-state index contributed by atoms with van der Waals surface area (Å²) in [6.07, 6.45) is 0. The SMILES string of the molecule is COCCN1N=C(C)Cn2c1nc1c2c(=O)n(Cc2cccc(Cl)c2)c(=O)n1C. The number of aromatic nitrogens is 4. The number of methoxy groups -OCH3 is 1. The Bertz CT molecular complexity index is 1240. The maximum atomic E-state index is 13.3. The van der Waals surface area contributed by atoms with Gasteiger partial charge in [-0.05, 0) is 24.6 Å². The van der Waals surface area contributed by atoms with Crippen molar-refractivity contribution in [1.82, 2.24) is 18.7 Å². The summed E-state index contributed by atoms with van der Waals surface area (Å²) in [6.45, 7) is 3.39. The maximum Gasteiger partial charge on any atom is 0.332 e. The van der Waals surface area contributed by atoms with Crippen molar-refractivity contribution in [2.75, 3.05) is 25.3 Å². The van der Waals surface area contributed by atoms with Crippen LogP contribution in [0.25, 0.3) is 11.2 Å². The predicted molar refractivity (Wildman–Crippen MR) is 112 cm³/mol. The number of anilines is 1. The first-order valence-electron chi connectivity index (χ1n) is 9.15. The van der Waals surface area contributed by atoms with Crippen molar-refractivity contribution in [3.05, 3.63) is 55.7 Å². The van der Waals surface area contributed by atoms with Gasteiger partial charge in [0.15, 0.2) is 11.2 Å². The van der Waals surface area contributed by atoms with Crippen LogP contribution in [-0.4, -0.2) is 44.7 Å². The first-order valence-corrected chi connectivity index (χ1v) is 9.53. The topological polar surface area (TPSA) is 86.7 Å². The minimum Gasteiger partial charge on any atom is -0.383 e. The predicted octanol–water partition coefficient (Wildman–Crippen LogP) is 1.44. The Hall–Kier alpha value is -2.91. The van der Waals surface area contributed by atoms with Crippen molar-refractivity contribution in [3.63, 3.8) is 0 Å². The highest BCUT2D eigenvalue weighted by Gasteiger charge is 2.26. The molecule has 1 aromatic carbocycles. The van der Waals surface area contributed by atoms with Crippen LogP contribution in [0, 0.1) is 0 Å². The average Bonchev–Trinajstić information content (AvgIpc) is 3.07. The Balaban J connectivity index is 1.90. The van der Waals surface area contributed by atoms with Crippen molar-refractivity contribution >= 4 is 34.4 Å². The third kappa shape index (κ3) is 3.36. The molecule has 0 aliphatic carbocycles. The van der Waals surface area contributed by atoms with Crippen LogP contribution < -0.4 is 16.3 Å². The van der Waals surface area contributed by atoms with Crippen molar-refractivity contribution in [3.8, 4) is 0 Å². The molecule has 0 spiro atoms. The number of rotatable bonds is 5. The van der Waals surface area contributed by atoms with Crippen LogP contribution in [0.5, 0.6) is 0 Å². The second kappa shape index (κ2) is 7.49. The molecule has 0 saturated heterocycles. The Labute approximate surface area is 171 Å². The Morgan fingerprint density at radius 2 is 2.07 bits per heavy atom. The zero-order valence-electron chi connectivity index (χ0n) is 16.4. The molecule has 9 nitrogen and oxygen atoms in total. The number of hydrazone groups is 1. The monoisotopic (exact) mass is 416 g/mol. The average molecular weight is 417 g/mol. The van der Waals surface area contributed by atoms with Gasteiger partial charge in [0.25, 0.3) is 5.56 Å². The van der Waals surface area contributed by atoms with Crippen molar-refractivity contribution in [1.29, 1.82) is 0 Å². The number of hydrogen-bond acceptors (Lipinski definition) is 6. The number of imidazole rings is 1. The molecule has 4 rings (SSSR count). The quantitative estimate of drug-likeness (QED) is 0.628.